The lowest BCUT2D eigenvalue weighted by Crippen LogP contribution is -2.03. The van der Waals surface area contributed by atoms with Crippen LogP contribution in [-0.2, 0) is 6.61 Å². The first-order valence-electron chi connectivity index (χ1n) is 7.82. The van der Waals surface area contributed by atoms with E-state index >= 15 is 0 Å². The SMILES string of the molecule is O=c1oc2ccccc2c(O)c1-c1cc2c(o1)-c1ccccc1OC2. The van der Waals surface area contributed by atoms with E-state index in [1.165, 1.54) is 0 Å². The molecule has 1 aliphatic heterocycles. The molecule has 5 nitrogen and oxygen atoms in total. The highest BCUT2D eigenvalue weighted by molar-refractivity contribution is 5.89. The van der Waals surface area contributed by atoms with Crippen LogP contribution in [0.4, 0.5) is 0 Å². The normalized spacial score (nSPS) is 12.5. The topological polar surface area (TPSA) is 72.8 Å². The summed E-state index contributed by atoms with van der Waals surface area (Å²) in [6.07, 6.45) is 0. The van der Waals surface area contributed by atoms with Crippen molar-refractivity contribution in [2.24, 2.45) is 0 Å². The van der Waals surface area contributed by atoms with Gasteiger partial charge in [-0.05, 0) is 30.3 Å². The molecule has 0 saturated carbocycles. The molecule has 0 atom stereocenters. The van der Waals surface area contributed by atoms with E-state index in [1.54, 1.807) is 30.3 Å². The van der Waals surface area contributed by atoms with Crippen LogP contribution < -0.4 is 10.4 Å². The van der Waals surface area contributed by atoms with Gasteiger partial charge in [0, 0.05) is 5.56 Å². The number of fused-ring (bicyclic) bond motifs is 4. The van der Waals surface area contributed by atoms with Gasteiger partial charge in [0.1, 0.15) is 40.8 Å². The van der Waals surface area contributed by atoms with Crippen molar-refractivity contribution in [1.29, 1.82) is 0 Å². The fourth-order valence-corrected chi connectivity index (χ4v) is 3.17. The average molecular weight is 332 g/mol. The van der Waals surface area contributed by atoms with Gasteiger partial charge in [-0.3, -0.25) is 0 Å². The number of hydrogen-bond donors (Lipinski definition) is 1. The summed E-state index contributed by atoms with van der Waals surface area (Å²) in [7, 11) is 0. The zero-order chi connectivity index (χ0) is 17.0. The summed E-state index contributed by atoms with van der Waals surface area (Å²) >= 11 is 0. The highest BCUT2D eigenvalue weighted by atomic mass is 16.5. The van der Waals surface area contributed by atoms with Crippen molar-refractivity contribution in [1.82, 2.24) is 0 Å². The van der Waals surface area contributed by atoms with Crippen LogP contribution in [0.3, 0.4) is 0 Å². The van der Waals surface area contributed by atoms with E-state index in [1.807, 2.05) is 24.3 Å². The zero-order valence-corrected chi connectivity index (χ0v) is 13.0. The van der Waals surface area contributed by atoms with E-state index in [2.05, 4.69) is 0 Å². The van der Waals surface area contributed by atoms with Gasteiger partial charge in [0.15, 0.2) is 0 Å². The van der Waals surface area contributed by atoms with Gasteiger partial charge in [-0.15, -0.1) is 0 Å². The van der Waals surface area contributed by atoms with Gasteiger partial charge in [0.05, 0.1) is 10.9 Å². The van der Waals surface area contributed by atoms with Crippen LogP contribution in [0.1, 0.15) is 5.56 Å². The predicted octanol–water partition coefficient (Wildman–Crippen LogP) is 4.32. The summed E-state index contributed by atoms with van der Waals surface area (Å²) < 4.78 is 17.0. The maximum atomic E-state index is 12.4. The van der Waals surface area contributed by atoms with Crippen LogP contribution in [0, 0.1) is 0 Å². The van der Waals surface area contributed by atoms with E-state index in [0.29, 0.717) is 23.3 Å². The largest absolute Gasteiger partial charge is 0.506 e. The molecule has 4 aromatic rings. The number of aromatic hydroxyl groups is 1. The molecule has 0 radical (unpaired) electrons. The minimum Gasteiger partial charge on any atom is -0.506 e. The summed E-state index contributed by atoms with van der Waals surface area (Å²) in [5.41, 5.74) is 1.35. The Morgan fingerprint density at radius 1 is 0.960 bits per heavy atom. The highest BCUT2D eigenvalue weighted by Gasteiger charge is 2.25. The Balaban J connectivity index is 1.76. The number of ether oxygens (including phenoxy) is 1. The van der Waals surface area contributed by atoms with Gasteiger partial charge >= 0.3 is 5.63 Å². The third kappa shape index (κ3) is 1.99. The summed E-state index contributed by atoms with van der Waals surface area (Å²) in [6, 6.07) is 16.1. The highest BCUT2D eigenvalue weighted by Crippen LogP contribution is 2.42. The van der Waals surface area contributed by atoms with Crippen LogP contribution in [0.2, 0.25) is 0 Å². The quantitative estimate of drug-likeness (QED) is 0.526. The molecule has 122 valence electrons. The zero-order valence-electron chi connectivity index (χ0n) is 13.0. The molecule has 0 fully saturated rings. The Kier molecular flexibility index (Phi) is 2.79. The van der Waals surface area contributed by atoms with E-state index < -0.39 is 5.63 Å². The second-order valence-corrected chi connectivity index (χ2v) is 5.86. The third-order valence-electron chi connectivity index (χ3n) is 4.36. The van der Waals surface area contributed by atoms with E-state index in [4.69, 9.17) is 13.6 Å². The summed E-state index contributed by atoms with van der Waals surface area (Å²) in [5.74, 6) is 1.49. The maximum Gasteiger partial charge on any atom is 0.351 e. The lowest BCUT2D eigenvalue weighted by molar-refractivity contribution is 0.299. The smallest absolute Gasteiger partial charge is 0.351 e. The van der Waals surface area contributed by atoms with Crippen LogP contribution in [0.25, 0.3) is 33.6 Å². The molecular formula is C20H12O5. The van der Waals surface area contributed by atoms with Crippen LogP contribution >= 0.6 is 0 Å². The second-order valence-electron chi connectivity index (χ2n) is 5.86. The minimum atomic E-state index is -0.642. The molecule has 1 aliphatic rings. The summed E-state index contributed by atoms with van der Waals surface area (Å²) in [5, 5.41) is 11.1. The lowest BCUT2D eigenvalue weighted by atomic mass is 10.1. The molecule has 1 N–H and O–H groups in total. The molecule has 5 rings (SSSR count). The van der Waals surface area contributed by atoms with Crippen molar-refractivity contribution < 1.29 is 18.7 Å². The van der Waals surface area contributed by atoms with Crippen molar-refractivity contribution in [3.8, 4) is 34.1 Å². The number of furan rings is 1. The fourth-order valence-electron chi connectivity index (χ4n) is 3.17. The lowest BCUT2D eigenvalue weighted by Gasteiger charge is -2.15. The maximum absolute atomic E-state index is 12.4. The average Bonchev–Trinajstić information content (AvgIpc) is 3.06. The van der Waals surface area contributed by atoms with E-state index in [9.17, 15) is 9.90 Å². The number of hydrogen-bond acceptors (Lipinski definition) is 5. The molecule has 2 aromatic carbocycles. The molecule has 0 unspecified atom stereocenters. The Morgan fingerprint density at radius 2 is 1.76 bits per heavy atom. The van der Waals surface area contributed by atoms with Gasteiger partial charge in [-0.25, -0.2) is 4.79 Å². The molecule has 25 heavy (non-hydrogen) atoms. The first-order valence-corrected chi connectivity index (χ1v) is 7.82. The van der Waals surface area contributed by atoms with Crippen molar-refractivity contribution in [2.75, 3.05) is 0 Å². The van der Waals surface area contributed by atoms with E-state index in [-0.39, 0.29) is 17.1 Å². The minimum absolute atomic E-state index is 0.0191. The molecule has 5 heteroatoms. The van der Waals surface area contributed by atoms with Gasteiger partial charge in [-0.1, -0.05) is 24.3 Å². The van der Waals surface area contributed by atoms with Crippen LogP contribution in [0.15, 0.2) is 68.2 Å². The molecule has 0 bridgehead atoms. The molecule has 2 aromatic heterocycles. The molecule has 0 spiro atoms. The molecular weight excluding hydrogens is 320 g/mol. The van der Waals surface area contributed by atoms with Crippen molar-refractivity contribution in [3.63, 3.8) is 0 Å². The fraction of sp³-hybridized carbons (Fsp3) is 0.0500. The molecule has 0 saturated heterocycles. The third-order valence-corrected chi connectivity index (χ3v) is 4.36. The second kappa shape index (κ2) is 5.01. The number of benzene rings is 2. The van der Waals surface area contributed by atoms with Crippen molar-refractivity contribution >= 4 is 11.0 Å². The number of rotatable bonds is 1. The predicted molar refractivity (Wildman–Crippen MR) is 91.6 cm³/mol. The first-order chi connectivity index (χ1) is 12.2. The first kappa shape index (κ1) is 13.9. The van der Waals surface area contributed by atoms with Gasteiger partial charge in [0.2, 0.25) is 0 Å². The van der Waals surface area contributed by atoms with Gasteiger partial charge in [0.25, 0.3) is 0 Å². The summed E-state index contributed by atoms with van der Waals surface area (Å²) in [6.45, 7) is 0.343. The standard InChI is InChI=1S/C20H12O5/c21-18-12-5-1-4-8-15(12)25-20(22)17(18)16-9-11-10-23-14-7-3-2-6-13(14)19(11)24-16/h1-9,21H,10H2. The molecule has 0 amide bonds. The van der Waals surface area contributed by atoms with E-state index in [0.717, 1.165) is 16.9 Å². The van der Waals surface area contributed by atoms with Crippen molar-refractivity contribution in [2.45, 2.75) is 6.61 Å². The number of para-hydroxylation sites is 2. The summed E-state index contributed by atoms with van der Waals surface area (Å²) in [4.78, 5) is 12.4. The molecule has 3 heterocycles. The Morgan fingerprint density at radius 3 is 2.68 bits per heavy atom. The van der Waals surface area contributed by atoms with Crippen molar-refractivity contribution in [3.05, 3.63) is 70.6 Å². The molecule has 0 aliphatic carbocycles. The van der Waals surface area contributed by atoms with Gasteiger partial charge < -0.3 is 18.7 Å². The Labute approximate surface area is 141 Å². The monoisotopic (exact) mass is 332 g/mol. The van der Waals surface area contributed by atoms with Gasteiger partial charge in [-0.2, -0.15) is 0 Å². The Hall–Kier alpha value is -3.47. The van der Waals surface area contributed by atoms with Crippen LogP contribution in [-0.4, -0.2) is 5.11 Å². The van der Waals surface area contributed by atoms with Crippen LogP contribution in [0.5, 0.6) is 11.5 Å². The Bertz CT molecular complexity index is 1180.